The molecule has 0 aliphatic carbocycles. The van der Waals surface area contributed by atoms with E-state index in [4.69, 9.17) is 16.3 Å². The third kappa shape index (κ3) is 5.54. The summed E-state index contributed by atoms with van der Waals surface area (Å²) in [6.07, 6.45) is 2.39. The number of aryl methyl sites for hydroxylation is 3. The highest BCUT2D eigenvalue weighted by Gasteiger charge is 2.36. The van der Waals surface area contributed by atoms with Crippen molar-refractivity contribution in [2.75, 3.05) is 11.9 Å². The number of ether oxygens (including phenoxy) is 1. The van der Waals surface area contributed by atoms with Crippen molar-refractivity contribution >= 4 is 63.0 Å². The van der Waals surface area contributed by atoms with Crippen molar-refractivity contribution in [2.45, 2.75) is 20.8 Å². The fraction of sp³-hybridized carbons (Fsp3) is 0.138. The van der Waals surface area contributed by atoms with Crippen molar-refractivity contribution in [3.05, 3.63) is 93.0 Å². The van der Waals surface area contributed by atoms with Crippen LogP contribution in [0.2, 0.25) is 5.28 Å². The number of fused-ring (bicyclic) bond motifs is 1. The van der Waals surface area contributed by atoms with Gasteiger partial charge in [0.25, 0.3) is 17.0 Å². The molecule has 0 saturated carbocycles. The summed E-state index contributed by atoms with van der Waals surface area (Å²) in [5, 5.41) is 3.55. The van der Waals surface area contributed by atoms with Gasteiger partial charge in [0.15, 0.2) is 0 Å². The predicted octanol–water partition coefficient (Wildman–Crippen LogP) is 6.81. The van der Waals surface area contributed by atoms with Gasteiger partial charge < -0.3 is 10.1 Å². The molecule has 3 amide bonds. The summed E-state index contributed by atoms with van der Waals surface area (Å²) in [4.78, 5) is 47.3. The molecule has 40 heavy (non-hydrogen) atoms. The first-order valence-electron chi connectivity index (χ1n) is 12.1. The number of anilines is 1. The Morgan fingerprint density at radius 2 is 1.85 bits per heavy atom. The van der Waals surface area contributed by atoms with Crippen LogP contribution >= 0.6 is 23.4 Å². The summed E-state index contributed by atoms with van der Waals surface area (Å²) in [7, 11) is 0. The molecule has 4 aromatic rings. The van der Waals surface area contributed by atoms with E-state index < -0.39 is 35.3 Å². The Kier molecular flexibility index (Phi) is 7.55. The lowest BCUT2D eigenvalue weighted by atomic mass is 10.0. The zero-order chi connectivity index (χ0) is 28.6. The van der Waals surface area contributed by atoms with Crippen LogP contribution < -0.4 is 10.1 Å². The zero-order valence-electron chi connectivity index (χ0n) is 21.6. The zero-order valence-corrected chi connectivity index (χ0v) is 23.2. The van der Waals surface area contributed by atoms with E-state index in [9.17, 15) is 18.8 Å². The van der Waals surface area contributed by atoms with Gasteiger partial charge in [-0.1, -0.05) is 48.0 Å². The van der Waals surface area contributed by atoms with Crippen LogP contribution in [0.1, 0.15) is 22.3 Å². The van der Waals surface area contributed by atoms with Crippen molar-refractivity contribution in [1.82, 2.24) is 14.9 Å². The number of aromatic nitrogens is 2. The molecule has 0 radical (unpaired) electrons. The van der Waals surface area contributed by atoms with E-state index in [-0.39, 0.29) is 15.9 Å². The minimum absolute atomic E-state index is 0.0860. The van der Waals surface area contributed by atoms with Crippen molar-refractivity contribution in [3.63, 3.8) is 0 Å². The molecule has 1 aliphatic heterocycles. The van der Waals surface area contributed by atoms with Crippen molar-refractivity contribution < 1.29 is 23.5 Å². The molecule has 202 valence electrons. The molecule has 2 heterocycles. The molecule has 0 unspecified atom stereocenters. The van der Waals surface area contributed by atoms with Gasteiger partial charge in [-0.15, -0.1) is 0 Å². The lowest BCUT2D eigenvalue weighted by Crippen LogP contribution is -2.36. The number of thioether (sulfide) groups is 1. The lowest BCUT2D eigenvalue weighted by molar-refractivity contribution is -0.127. The summed E-state index contributed by atoms with van der Waals surface area (Å²) in [5.41, 5.74) is 3.89. The first-order valence-corrected chi connectivity index (χ1v) is 13.3. The first kappa shape index (κ1) is 27.3. The minimum Gasteiger partial charge on any atom is -0.436 e. The Balaban J connectivity index is 1.45. The largest absolute Gasteiger partial charge is 0.436 e. The summed E-state index contributed by atoms with van der Waals surface area (Å²) >= 11 is 6.52. The van der Waals surface area contributed by atoms with Gasteiger partial charge in [0.1, 0.15) is 12.3 Å². The molecular formula is C29H22ClFN4O4S. The van der Waals surface area contributed by atoms with E-state index in [1.165, 1.54) is 6.08 Å². The standard InChI is InChI=1S/C29H22ClFN4O4S/c1-15-10-16(2)25(17(3)11-15)33-24(36)14-35-27(37)23(40-29(35)38)12-20-19-7-5-4-6-18(19)8-9-22(20)39-26-21(31)13-32-28(30)34-26/h4-13H,14H2,1-3H3,(H,33,36)/b23-12+. The van der Waals surface area contributed by atoms with Crippen molar-refractivity contribution in [2.24, 2.45) is 0 Å². The Morgan fingerprint density at radius 1 is 1.12 bits per heavy atom. The van der Waals surface area contributed by atoms with E-state index >= 15 is 0 Å². The number of nitrogens with zero attached hydrogens (tertiary/aromatic N) is 3. The fourth-order valence-corrected chi connectivity index (χ4v) is 5.43. The molecule has 1 N–H and O–H groups in total. The second-order valence-corrected chi connectivity index (χ2v) is 10.5. The van der Waals surface area contributed by atoms with E-state index in [0.717, 1.165) is 33.2 Å². The van der Waals surface area contributed by atoms with Crippen LogP contribution in [0.25, 0.3) is 16.8 Å². The minimum atomic E-state index is -0.825. The summed E-state index contributed by atoms with van der Waals surface area (Å²) in [6.45, 7) is 5.27. The molecule has 0 spiro atoms. The van der Waals surface area contributed by atoms with Gasteiger partial charge >= 0.3 is 0 Å². The molecular weight excluding hydrogens is 555 g/mol. The van der Waals surface area contributed by atoms with Crippen LogP contribution in [0, 0.1) is 26.6 Å². The topological polar surface area (TPSA) is 101 Å². The molecule has 1 aliphatic rings. The van der Waals surface area contributed by atoms with Gasteiger partial charge in [0.05, 0.1) is 11.1 Å². The Labute approximate surface area is 238 Å². The number of hydrogen-bond donors (Lipinski definition) is 1. The number of hydrogen-bond acceptors (Lipinski definition) is 7. The molecule has 5 rings (SSSR count). The smallest absolute Gasteiger partial charge is 0.294 e. The second kappa shape index (κ2) is 11.1. The van der Waals surface area contributed by atoms with Crippen molar-refractivity contribution in [1.29, 1.82) is 0 Å². The SMILES string of the molecule is Cc1cc(C)c(NC(=O)CN2C(=O)S/C(=C/c3c(Oc4nc(Cl)ncc4F)ccc4ccccc34)C2=O)c(C)c1. The fourth-order valence-electron chi connectivity index (χ4n) is 4.49. The normalized spacial score (nSPS) is 14.3. The van der Waals surface area contributed by atoms with Crippen molar-refractivity contribution in [3.8, 4) is 11.6 Å². The number of carbonyl (C=O) groups excluding carboxylic acids is 3. The number of rotatable bonds is 6. The maximum Gasteiger partial charge on any atom is 0.294 e. The van der Waals surface area contributed by atoms with Gasteiger partial charge in [0, 0.05) is 11.3 Å². The van der Waals surface area contributed by atoms with Crippen LogP contribution in [0.3, 0.4) is 0 Å². The third-order valence-electron chi connectivity index (χ3n) is 6.21. The highest BCUT2D eigenvalue weighted by atomic mass is 35.5. The Bertz CT molecular complexity index is 1720. The monoisotopic (exact) mass is 576 g/mol. The van der Waals surface area contributed by atoms with Gasteiger partial charge in [-0.05, 0) is 78.2 Å². The number of carbonyl (C=O) groups is 3. The van der Waals surface area contributed by atoms with Crippen LogP contribution in [0.4, 0.5) is 14.9 Å². The second-order valence-electron chi connectivity index (χ2n) is 9.18. The number of nitrogens with one attached hydrogen (secondary N) is 1. The maximum absolute atomic E-state index is 14.3. The van der Waals surface area contributed by atoms with E-state index in [1.54, 1.807) is 24.3 Å². The van der Waals surface area contributed by atoms with E-state index in [1.807, 2.05) is 45.0 Å². The Hall–Kier alpha value is -4.28. The maximum atomic E-state index is 14.3. The summed E-state index contributed by atoms with van der Waals surface area (Å²) in [5.74, 6) is -2.16. The molecule has 1 aromatic heterocycles. The first-order chi connectivity index (χ1) is 19.1. The molecule has 8 nitrogen and oxygen atoms in total. The number of imide groups is 1. The molecule has 0 bridgehead atoms. The summed E-state index contributed by atoms with van der Waals surface area (Å²) in [6, 6.07) is 14.6. The molecule has 3 aromatic carbocycles. The average molecular weight is 577 g/mol. The van der Waals surface area contributed by atoms with Crippen LogP contribution in [-0.2, 0) is 9.59 Å². The van der Waals surface area contributed by atoms with Gasteiger partial charge in [-0.2, -0.15) is 9.37 Å². The molecule has 1 saturated heterocycles. The highest BCUT2D eigenvalue weighted by Crippen LogP contribution is 2.38. The quantitative estimate of drug-likeness (QED) is 0.199. The predicted molar refractivity (Wildman–Crippen MR) is 153 cm³/mol. The highest BCUT2D eigenvalue weighted by molar-refractivity contribution is 8.18. The van der Waals surface area contributed by atoms with E-state index in [2.05, 4.69) is 15.3 Å². The molecule has 0 atom stereocenters. The molecule has 11 heteroatoms. The van der Waals surface area contributed by atoms with Gasteiger partial charge in [0.2, 0.25) is 17.0 Å². The van der Waals surface area contributed by atoms with Crippen LogP contribution in [0.5, 0.6) is 11.6 Å². The number of amides is 3. The lowest BCUT2D eigenvalue weighted by Gasteiger charge is -2.16. The summed E-state index contributed by atoms with van der Waals surface area (Å²) < 4.78 is 20.1. The number of benzene rings is 3. The van der Waals surface area contributed by atoms with Crippen LogP contribution in [0.15, 0.2) is 59.6 Å². The Morgan fingerprint density at radius 3 is 2.60 bits per heavy atom. The van der Waals surface area contributed by atoms with Gasteiger partial charge in [-0.3, -0.25) is 19.3 Å². The van der Waals surface area contributed by atoms with Crippen LogP contribution in [-0.4, -0.2) is 38.5 Å². The van der Waals surface area contributed by atoms with Gasteiger partial charge in [-0.25, -0.2) is 4.98 Å². The third-order valence-corrected chi connectivity index (χ3v) is 7.30. The van der Waals surface area contributed by atoms with E-state index in [0.29, 0.717) is 28.4 Å². The molecule has 1 fully saturated rings. The number of halogens is 2. The average Bonchev–Trinajstić information content (AvgIpc) is 3.16.